The molecule has 6 atom stereocenters. The number of nitrogens with zero attached hydrogens (tertiary/aromatic N) is 1. The van der Waals surface area contributed by atoms with Gasteiger partial charge in [-0.05, 0) is 25.7 Å². The largest absolute Gasteiger partial charge is 0.390 e. The fourth-order valence-electron chi connectivity index (χ4n) is 2.64. The van der Waals surface area contributed by atoms with Crippen molar-refractivity contribution in [3.63, 3.8) is 0 Å². The molecule has 0 spiro atoms. The Kier molecular flexibility index (Phi) is 3.74. The standard InChI is InChI=1S/C12H20N2O4S/c1-2-13-12-14-6-8(16)9(17)10(18-11(6)19-12)7(15)5-3-4-5/h5-11,15-17H,2-4H2,1H3,(H,13,14)/t6-,7-,8-,9+,10-,11-/m1/s1. The van der Waals surface area contributed by atoms with Gasteiger partial charge in [0.1, 0.15) is 23.7 Å². The molecule has 0 aromatic carbocycles. The van der Waals surface area contributed by atoms with E-state index in [1.807, 2.05) is 6.92 Å². The minimum atomic E-state index is -1.06. The maximum atomic E-state index is 10.2. The minimum Gasteiger partial charge on any atom is -0.390 e. The van der Waals surface area contributed by atoms with Gasteiger partial charge in [0, 0.05) is 6.54 Å². The molecule has 0 unspecified atom stereocenters. The Morgan fingerprint density at radius 3 is 2.79 bits per heavy atom. The zero-order valence-electron chi connectivity index (χ0n) is 10.8. The molecule has 0 aromatic rings. The molecule has 3 aliphatic rings. The van der Waals surface area contributed by atoms with Gasteiger partial charge in [0.15, 0.2) is 5.17 Å². The first kappa shape index (κ1) is 13.6. The summed E-state index contributed by atoms with van der Waals surface area (Å²) in [5.74, 6) is 0.201. The second kappa shape index (κ2) is 5.21. The van der Waals surface area contributed by atoms with Crippen LogP contribution in [0.1, 0.15) is 19.8 Å². The molecule has 3 fully saturated rings. The van der Waals surface area contributed by atoms with Gasteiger partial charge in [-0.3, -0.25) is 4.99 Å². The topological polar surface area (TPSA) is 94.3 Å². The third-order valence-corrected chi connectivity index (χ3v) is 5.01. The molecule has 3 rings (SSSR count). The summed E-state index contributed by atoms with van der Waals surface area (Å²) in [5, 5.41) is 34.2. The van der Waals surface area contributed by atoms with Crippen molar-refractivity contribution in [3.8, 4) is 0 Å². The molecular formula is C12H20N2O4S. The second-order valence-electron chi connectivity index (χ2n) is 5.35. The molecule has 2 heterocycles. The van der Waals surface area contributed by atoms with Gasteiger partial charge >= 0.3 is 0 Å². The van der Waals surface area contributed by atoms with Gasteiger partial charge in [0.2, 0.25) is 0 Å². The summed E-state index contributed by atoms with van der Waals surface area (Å²) >= 11 is 1.41. The van der Waals surface area contributed by atoms with Crippen LogP contribution in [0, 0.1) is 5.92 Å². The third-order valence-electron chi connectivity index (χ3n) is 3.90. The Morgan fingerprint density at radius 2 is 2.16 bits per heavy atom. The Morgan fingerprint density at radius 1 is 1.42 bits per heavy atom. The number of amidine groups is 1. The van der Waals surface area contributed by atoms with Crippen molar-refractivity contribution < 1.29 is 20.1 Å². The average molecular weight is 288 g/mol. The number of aliphatic hydroxyl groups excluding tert-OH is 3. The highest BCUT2D eigenvalue weighted by molar-refractivity contribution is 8.14. The van der Waals surface area contributed by atoms with Gasteiger partial charge in [-0.2, -0.15) is 0 Å². The van der Waals surface area contributed by atoms with Crippen LogP contribution in [0.4, 0.5) is 0 Å². The highest BCUT2D eigenvalue weighted by atomic mass is 32.2. The molecule has 0 aromatic heterocycles. The number of rotatable bonds is 3. The summed E-state index contributed by atoms with van der Waals surface area (Å²) in [4.78, 5) is 4.26. The molecule has 0 radical (unpaired) electrons. The lowest BCUT2D eigenvalue weighted by Crippen LogP contribution is -2.61. The lowest BCUT2D eigenvalue weighted by molar-refractivity contribution is -0.190. The van der Waals surface area contributed by atoms with Crippen molar-refractivity contribution in [1.82, 2.24) is 5.32 Å². The molecule has 0 bridgehead atoms. The molecule has 19 heavy (non-hydrogen) atoms. The number of aliphatic imine (C=N–C) groups is 1. The normalized spacial score (nSPS) is 45.9. The molecule has 6 nitrogen and oxygen atoms in total. The Bertz CT molecular complexity index is 377. The SMILES string of the molecule is CCN=C1N[C@@H]2[C@@H](O)[C@H](O)[C@@H]([C@H](O)C3CC3)O[C@@H]2S1. The molecule has 2 saturated heterocycles. The predicted octanol–water partition coefficient (Wildman–Crippen LogP) is -0.715. The monoisotopic (exact) mass is 288 g/mol. The lowest BCUT2D eigenvalue weighted by Gasteiger charge is -2.40. The second-order valence-corrected chi connectivity index (χ2v) is 6.43. The summed E-state index contributed by atoms with van der Waals surface area (Å²) in [6, 6.07) is -0.368. The maximum Gasteiger partial charge on any atom is 0.159 e. The summed E-state index contributed by atoms with van der Waals surface area (Å²) in [7, 11) is 0. The zero-order chi connectivity index (χ0) is 13.6. The van der Waals surface area contributed by atoms with Gasteiger partial charge in [-0.25, -0.2) is 0 Å². The lowest BCUT2D eigenvalue weighted by atomic mass is 9.93. The van der Waals surface area contributed by atoms with Crippen molar-refractivity contribution in [2.24, 2.45) is 10.9 Å². The van der Waals surface area contributed by atoms with Crippen molar-refractivity contribution in [2.45, 2.75) is 55.7 Å². The molecule has 1 saturated carbocycles. The van der Waals surface area contributed by atoms with Crippen LogP contribution in [-0.2, 0) is 4.74 Å². The van der Waals surface area contributed by atoms with Crippen molar-refractivity contribution >= 4 is 16.9 Å². The van der Waals surface area contributed by atoms with Crippen LogP contribution in [0.15, 0.2) is 4.99 Å². The van der Waals surface area contributed by atoms with Crippen LogP contribution in [0.5, 0.6) is 0 Å². The number of aliphatic hydroxyl groups is 3. The molecule has 0 amide bonds. The average Bonchev–Trinajstić information content (AvgIpc) is 3.15. The predicted molar refractivity (Wildman–Crippen MR) is 71.9 cm³/mol. The van der Waals surface area contributed by atoms with E-state index in [2.05, 4.69) is 10.3 Å². The Balaban J connectivity index is 1.73. The Labute approximate surface area is 116 Å². The van der Waals surface area contributed by atoms with Crippen molar-refractivity contribution in [1.29, 1.82) is 0 Å². The number of hydrogen-bond acceptors (Lipinski definition) is 6. The van der Waals surface area contributed by atoms with Gasteiger partial charge in [0.25, 0.3) is 0 Å². The van der Waals surface area contributed by atoms with E-state index in [-0.39, 0.29) is 17.4 Å². The van der Waals surface area contributed by atoms with Crippen LogP contribution in [-0.4, -0.2) is 62.9 Å². The highest BCUT2D eigenvalue weighted by Gasteiger charge is 2.52. The maximum absolute atomic E-state index is 10.2. The minimum absolute atomic E-state index is 0.201. The van der Waals surface area contributed by atoms with Gasteiger partial charge in [-0.1, -0.05) is 11.8 Å². The number of hydrogen-bond donors (Lipinski definition) is 4. The van der Waals surface area contributed by atoms with E-state index in [1.54, 1.807) is 0 Å². The van der Waals surface area contributed by atoms with Gasteiger partial charge in [-0.15, -0.1) is 0 Å². The first-order valence-electron chi connectivity index (χ1n) is 6.79. The quantitative estimate of drug-likeness (QED) is 0.548. The van der Waals surface area contributed by atoms with Gasteiger partial charge < -0.3 is 25.4 Å². The Hall–Kier alpha value is -0.340. The third kappa shape index (κ3) is 2.50. The fraction of sp³-hybridized carbons (Fsp3) is 0.917. The smallest absolute Gasteiger partial charge is 0.159 e. The molecule has 1 aliphatic carbocycles. The van der Waals surface area contributed by atoms with Crippen molar-refractivity contribution in [3.05, 3.63) is 0 Å². The van der Waals surface area contributed by atoms with Crippen molar-refractivity contribution in [2.75, 3.05) is 6.54 Å². The molecule has 108 valence electrons. The summed E-state index contributed by atoms with van der Waals surface area (Å²) < 4.78 is 5.79. The number of ether oxygens (including phenoxy) is 1. The van der Waals surface area contributed by atoms with E-state index in [9.17, 15) is 15.3 Å². The van der Waals surface area contributed by atoms with Crippen LogP contribution >= 0.6 is 11.8 Å². The van der Waals surface area contributed by atoms with E-state index >= 15 is 0 Å². The van der Waals surface area contributed by atoms with Crippen LogP contribution in [0.25, 0.3) is 0 Å². The van der Waals surface area contributed by atoms with Crippen LogP contribution in [0.2, 0.25) is 0 Å². The fourth-order valence-corrected chi connectivity index (χ4v) is 3.83. The van der Waals surface area contributed by atoms with E-state index in [0.717, 1.165) is 18.0 Å². The number of fused-ring (bicyclic) bond motifs is 1. The number of thioether (sulfide) groups is 1. The van der Waals surface area contributed by atoms with E-state index < -0.39 is 24.4 Å². The van der Waals surface area contributed by atoms with E-state index in [0.29, 0.717) is 6.54 Å². The van der Waals surface area contributed by atoms with E-state index in [1.165, 1.54) is 11.8 Å². The first-order valence-corrected chi connectivity index (χ1v) is 7.67. The van der Waals surface area contributed by atoms with Crippen LogP contribution < -0.4 is 5.32 Å². The molecular weight excluding hydrogens is 268 g/mol. The zero-order valence-corrected chi connectivity index (χ0v) is 11.6. The van der Waals surface area contributed by atoms with Gasteiger partial charge in [0.05, 0.1) is 12.1 Å². The summed E-state index contributed by atoms with van der Waals surface area (Å²) in [6.45, 7) is 2.59. The number of nitrogens with one attached hydrogen (secondary N) is 1. The van der Waals surface area contributed by atoms with E-state index in [4.69, 9.17) is 4.74 Å². The molecule has 4 N–H and O–H groups in total. The van der Waals surface area contributed by atoms with Crippen LogP contribution in [0.3, 0.4) is 0 Å². The first-order chi connectivity index (χ1) is 9.11. The molecule has 7 heteroatoms. The highest BCUT2D eigenvalue weighted by Crippen LogP contribution is 2.40. The molecule has 2 aliphatic heterocycles. The summed E-state index contributed by atoms with van der Waals surface area (Å²) in [6.07, 6.45) is -1.49. The summed E-state index contributed by atoms with van der Waals surface area (Å²) in [5.41, 5.74) is -0.304.